The fraction of sp³-hybridized carbons (Fsp3) is 0.536. The highest BCUT2D eigenvalue weighted by Gasteiger charge is 2.44. The van der Waals surface area contributed by atoms with Crippen LogP contribution in [0.3, 0.4) is 0 Å². The van der Waals surface area contributed by atoms with Crippen molar-refractivity contribution in [3.8, 4) is 11.5 Å². The van der Waals surface area contributed by atoms with Crippen molar-refractivity contribution in [3.63, 3.8) is 0 Å². The molecule has 0 aliphatic carbocycles. The SMILES string of the molecule is Cc1cc(O)cc(O[C@@H]2S[C@H](CO)[C@@H](O)C(O)[C@H]2O)c1Cc1ccc(CCCC(=O)NC(C)(CO)CO)cc1. The van der Waals surface area contributed by atoms with Crippen LogP contribution in [0.4, 0.5) is 0 Å². The normalized spacial score (nSPS) is 23.4. The van der Waals surface area contributed by atoms with Gasteiger partial charge in [0.15, 0.2) is 5.44 Å². The Balaban J connectivity index is 1.65. The van der Waals surface area contributed by atoms with Crippen LogP contribution in [-0.4, -0.2) is 96.0 Å². The third-order valence-corrected chi connectivity index (χ3v) is 8.34. The van der Waals surface area contributed by atoms with E-state index >= 15 is 0 Å². The van der Waals surface area contributed by atoms with Crippen LogP contribution in [0.25, 0.3) is 0 Å². The molecule has 0 saturated carbocycles. The van der Waals surface area contributed by atoms with Gasteiger partial charge in [0.05, 0.1) is 36.7 Å². The maximum atomic E-state index is 12.1. The molecule has 216 valence electrons. The summed E-state index contributed by atoms with van der Waals surface area (Å²) < 4.78 is 6.03. The number of ether oxygens (including phenoxy) is 1. The summed E-state index contributed by atoms with van der Waals surface area (Å²) in [6, 6.07) is 10.9. The van der Waals surface area contributed by atoms with Crippen molar-refractivity contribution in [1.29, 1.82) is 0 Å². The van der Waals surface area contributed by atoms with Gasteiger partial charge in [0, 0.05) is 24.5 Å². The molecule has 10 nitrogen and oxygen atoms in total. The second kappa shape index (κ2) is 13.8. The van der Waals surface area contributed by atoms with E-state index < -0.39 is 41.1 Å². The number of benzene rings is 2. The Morgan fingerprint density at radius 2 is 1.64 bits per heavy atom. The number of hydrogen-bond acceptors (Lipinski definition) is 10. The number of aryl methyl sites for hydroxylation is 2. The highest BCUT2D eigenvalue weighted by molar-refractivity contribution is 8.00. The topological polar surface area (TPSA) is 180 Å². The molecule has 1 amide bonds. The molecular formula is C28H39NO9S. The van der Waals surface area contributed by atoms with Crippen molar-refractivity contribution in [2.24, 2.45) is 0 Å². The highest BCUT2D eigenvalue weighted by Crippen LogP contribution is 2.37. The van der Waals surface area contributed by atoms with Crippen LogP contribution >= 0.6 is 11.8 Å². The maximum Gasteiger partial charge on any atom is 0.220 e. The second-order valence-electron chi connectivity index (χ2n) is 10.3. The van der Waals surface area contributed by atoms with Crippen LogP contribution in [0.5, 0.6) is 11.5 Å². The molecule has 3 rings (SSSR count). The molecule has 0 spiro atoms. The van der Waals surface area contributed by atoms with E-state index in [1.807, 2.05) is 31.2 Å². The zero-order valence-electron chi connectivity index (χ0n) is 22.2. The lowest BCUT2D eigenvalue weighted by Crippen LogP contribution is -2.55. The van der Waals surface area contributed by atoms with Gasteiger partial charge in [0.1, 0.15) is 23.7 Å². The van der Waals surface area contributed by atoms with Crippen molar-refractivity contribution in [2.75, 3.05) is 19.8 Å². The summed E-state index contributed by atoms with van der Waals surface area (Å²) in [5, 5.41) is 71.0. The van der Waals surface area contributed by atoms with Crippen molar-refractivity contribution >= 4 is 17.7 Å². The lowest BCUT2D eigenvalue weighted by atomic mass is 9.97. The number of carbonyl (C=O) groups excluding carboxylic acids is 1. The van der Waals surface area contributed by atoms with Gasteiger partial charge in [0.2, 0.25) is 5.91 Å². The second-order valence-corrected chi connectivity index (χ2v) is 11.7. The first-order valence-corrected chi connectivity index (χ1v) is 13.8. The quantitative estimate of drug-likeness (QED) is 0.179. The van der Waals surface area contributed by atoms with Crippen LogP contribution in [-0.2, 0) is 17.6 Å². The number of phenols is 1. The summed E-state index contributed by atoms with van der Waals surface area (Å²) in [6.07, 6.45) is -2.18. The van der Waals surface area contributed by atoms with Gasteiger partial charge in [-0.3, -0.25) is 4.79 Å². The van der Waals surface area contributed by atoms with E-state index in [1.54, 1.807) is 13.0 Å². The summed E-state index contributed by atoms with van der Waals surface area (Å²) in [6.45, 7) is 2.31. The third kappa shape index (κ3) is 8.07. The Morgan fingerprint density at radius 3 is 2.26 bits per heavy atom. The molecule has 2 aromatic rings. The number of aliphatic hydroxyl groups excluding tert-OH is 6. The van der Waals surface area contributed by atoms with Crippen LogP contribution in [0, 0.1) is 6.92 Å². The number of hydrogen-bond donors (Lipinski definition) is 8. The average molecular weight is 566 g/mol. The van der Waals surface area contributed by atoms with Gasteiger partial charge in [0.25, 0.3) is 0 Å². The number of thioether (sulfide) groups is 1. The van der Waals surface area contributed by atoms with E-state index in [1.165, 1.54) is 6.07 Å². The van der Waals surface area contributed by atoms with E-state index in [4.69, 9.17) is 4.74 Å². The first-order valence-electron chi connectivity index (χ1n) is 12.9. The molecule has 0 radical (unpaired) electrons. The molecule has 1 aliphatic heterocycles. The predicted molar refractivity (Wildman–Crippen MR) is 147 cm³/mol. The number of phenolic OH excluding ortho intramolecular Hbond substituents is 1. The van der Waals surface area contributed by atoms with Crippen LogP contribution < -0.4 is 10.1 Å². The number of aliphatic hydroxyl groups is 6. The maximum absolute atomic E-state index is 12.1. The van der Waals surface area contributed by atoms with E-state index in [2.05, 4.69) is 5.32 Å². The first kappa shape index (κ1) is 31.2. The summed E-state index contributed by atoms with van der Waals surface area (Å²) in [7, 11) is 0. The molecule has 0 aromatic heterocycles. The van der Waals surface area contributed by atoms with E-state index in [0.717, 1.165) is 34.0 Å². The monoisotopic (exact) mass is 565 g/mol. The Bertz CT molecular complexity index is 1090. The summed E-state index contributed by atoms with van der Waals surface area (Å²) in [4.78, 5) is 12.1. The largest absolute Gasteiger partial charge is 0.508 e. The molecule has 5 atom stereocenters. The van der Waals surface area contributed by atoms with Gasteiger partial charge in [-0.15, -0.1) is 11.8 Å². The number of rotatable bonds is 12. The van der Waals surface area contributed by atoms with E-state index in [0.29, 0.717) is 25.0 Å². The van der Waals surface area contributed by atoms with Gasteiger partial charge >= 0.3 is 0 Å². The molecule has 1 aliphatic rings. The minimum atomic E-state index is -1.48. The van der Waals surface area contributed by atoms with Gasteiger partial charge in [-0.1, -0.05) is 24.3 Å². The molecule has 2 aromatic carbocycles. The smallest absolute Gasteiger partial charge is 0.220 e. The van der Waals surface area contributed by atoms with Crippen molar-refractivity contribution < 1.29 is 45.3 Å². The highest BCUT2D eigenvalue weighted by atomic mass is 32.2. The molecule has 1 heterocycles. The summed E-state index contributed by atoms with van der Waals surface area (Å²) in [5.74, 6) is 0.0804. The number of aromatic hydroxyl groups is 1. The predicted octanol–water partition coefficient (Wildman–Crippen LogP) is 0.369. The van der Waals surface area contributed by atoms with Crippen molar-refractivity contribution in [2.45, 2.75) is 74.1 Å². The lowest BCUT2D eigenvalue weighted by Gasteiger charge is -2.39. The fourth-order valence-electron chi connectivity index (χ4n) is 4.40. The zero-order chi connectivity index (χ0) is 28.7. The molecule has 1 fully saturated rings. The Hall–Kier alpha value is -2.38. The van der Waals surface area contributed by atoms with Crippen LogP contribution in [0.1, 0.15) is 42.0 Å². The molecular weight excluding hydrogens is 526 g/mol. The minimum Gasteiger partial charge on any atom is -0.508 e. The van der Waals surface area contributed by atoms with Gasteiger partial charge < -0.3 is 45.8 Å². The molecule has 11 heteroatoms. The molecule has 1 saturated heterocycles. The lowest BCUT2D eigenvalue weighted by molar-refractivity contribution is -0.124. The van der Waals surface area contributed by atoms with Crippen molar-refractivity contribution in [3.05, 3.63) is 58.7 Å². The Morgan fingerprint density at radius 1 is 1.00 bits per heavy atom. The number of carbonyl (C=O) groups is 1. The average Bonchev–Trinajstić information content (AvgIpc) is 2.91. The third-order valence-electron chi connectivity index (χ3n) is 6.92. The van der Waals surface area contributed by atoms with Crippen LogP contribution in [0.2, 0.25) is 0 Å². The van der Waals surface area contributed by atoms with E-state index in [-0.39, 0.29) is 31.3 Å². The van der Waals surface area contributed by atoms with Crippen molar-refractivity contribution in [1.82, 2.24) is 5.32 Å². The summed E-state index contributed by atoms with van der Waals surface area (Å²) >= 11 is 1.02. The van der Waals surface area contributed by atoms with Gasteiger partial charge in [-0.2, -0.15) is 0 Å². The van der Waals surface area contributed by atoms with Crippen LogP contribution in [0.15, 0.2) is 36.4 Å². The van der Waals surface area contributed by atoms with Gasteiger partial charge in [-0.25, -0.2) is 0 Å². The summed E-state index contributed by atoms with van der Waals surface area (Å²) in [5.41, 5.74) is 1.56. The van der Waals surface area contributed by atoms with E-state index in [9.17, 15) is 40.5 Å². The molecule has 0 bridgehead atoms. The number of nitrogens with one attached hydrogen (secondary N) is 1. The minimum absolute atomic E-state index is 0.0153. The van der Waals surface area contributed by atoms with Gasteiger partial charge in [-0.05, 0) is 49.4 Å². The molecule has 39 heavy (non-hydrogen) atoms. The zero-order valence-corrected chi connectivity index (χ0v) is 23.0. The standard InChI is InChI=1S/C28H39NO9S/c1-16-10-19(33)12-21(38-27-26(37)25(36)24(35)22(13-30)39-27)20(16)11-18-8-6-17(7-9-18)4-3-5-23(34)29-28(2,14-31)15-32/h6-10,12,22,24-27,30-33,35-37H,3-5,11,13-15H2,1-2H3,(H,29,34)/t22-,24-,25?,26-,27-/m1/s1. The Labute approximate surface area is 232 Å². The molecule has 8 N–H and O–H groups in total. The number of amides is 1. The Kier molecular flexibility index (Phi) is 11.0. The molecule has 1 unspecified atom stereocenters. The fourth-order valence-corrected chi connectivity index (χ4v) is 5.63. The first-order chi connectivity index (χ1) is 18.5.